The van der Waals surface area contributed by atoms with E-state index in [0.717, 1.165) is 23.4 Å². The predicted octanol–water partition coefficient (Wildman–Crippen LogP) is 4.32. The molecule has 0 fully saturated rings. The lowest BCUT2D eigenvalue weighted by atomic mass is 10.1. The first-order valence-corrected chi connectivity index (χ1v) is 8.33. The van der Waals surface area contributed by atoms with Gasteiger partial charge >= 0.3 is 0 Å². The lowest BCUT2D eigenvalue weighted by Gasteiger charge is -2.24. The van der Waals surface area contributed by atoms with Crippen molar-refractivity contribution in [2.75, 3.05) is 26.0 Å². The first kappa shape index (κ1) is 15.0. The van der Waals surface area contributed by atoms with Gasteiger partial charge in [0.2, 0.25) is 0 Å². The van der Waals surface area contributed by atoms with E-state index in [4.69, 9.17) is 0 Å². The lowest BCUT2D eigenvalue weighted by Crippen LogP contribution is -2.26. The predicted molar refractivity (Wildman–Crippen MR) is 95.7 cm³/mol. The molecule has 114 valence electrons. The molecule has 0 aliphatic carbocycles. The van der Waals surface area contributed by atoms with Crippen molar-refractivity contribution < 1.29 is 0 Å². The average molecular weight is 311 g/mol. The fraction of sp³-hybridized carbons (Fsp3) is 0.278. The summed E-state index contributed by atoms with van der Waals surface area (Å²) >= 11 is 1.81. The Hall–Kier alpha value is -1.91. The second-order valence-corrected chi connectivity index (χ2v) is 6.68. The SMILES string of the molecule is Cc1cc(NC[C@@H](c2cccs2)N(C)C)c2ccccc2n1. The molecular weight excluding hydrogens is 290 g/mol. The number of benzene rings is 1. The van der Waals surface area contributed by atoms with Crippen LogP contribution in [0.2, 0.25) is 0 Å². The van der Waals surface area contributed by atoms with Crippen LogP contribution in [-0.4, -0.2) is 30.5 Å². The van der Waals surface area contributed by atoms with E-state index < -0.39 is 0 Å². The Labute approximate surface area is 135 Å². The van der Waals surface area contributed by atoms with Gasteiger partial charge in [-0.3, -0.25) is 4.98 Å². The smallest absolute Gasteiger partial charge is 0.0725 e. The highest BCUT2D eigenvalue weighted by Crippen LogP contribution is 2.27. The molecule has 0 bridgehead atoms. The second kappa shape index (κ2) is 6.46. The third-order valence-corrected chi connectivity index (χ3v) is 4.80. The summed E-state index contributed by atoms with van der Waals surface area (Å²) in [7, 11) is 4.25. The van der Waals surface area contributed by atoms with Crippen LogP contribution in [0.4, 0.5) is 5.69 Å². The van der Waals surface area contributed by atoms with Gasteiger partial charge in [0.05, 0.1) is 11.6 Å². The molecule has 0 aliphatic rings. The number of pyridine rings is 1. The number of aryl methyl sites for hydroxylation is 1. The van der Waals surface area contributed by atoms with Crippen LogP contribution in [0, 0.1) is 6.92 Å². The number of para-hydroxylation sites is 1. The topological polar surface area (TPSA) is 28.2 Å². The summed E-state index contributed by atoms with van der Waals surface area (Å²) in [5, 5.41) is 6.94. The number of rotatable bonds is 5. The van der Waals surface area contributed by atoms with Crippen LogP contribution in [0.15, 0.2) is 47.8 Å². The molecule has 0 unspecified atom stereocenters. The van der Waals surface area contributed by atoms with Crippen molar-refractivity contribution in [1.29, 1.82) is 0 Å². The van der Waals surface area contributed by atoms with Gasteiger partial charge in [-0.05, 0) is 44.6 Å². The Morgan fingerprint density at radius 2 is 2.00 bits per heavy atom. The number of nitrogens with one attached hydrogen (secondary N) is 1. The third kappa shape index (κ3) is 3.13. The van der Waals surface area contributed by atoms with Crippen LogP contribution >= 0.6 is 11.3 Å². The zero-order valence-electron chi connectivity index (χ0n) is 13.2. The zero-order valence-corrected chi connectivity index (χ0v) is 14.0. The number of anilines is 1. The van der Waals surface area contributed by atoms with Crippen molar-refractivity contribution in [2.24, 2.45) is 0 Å². The van der Waals surface area contributed by atoms with Crippen molar-refractivity contribution in [2.45, 2.75) is 13.0 Å². The van der Waals surface area contributed by atoms with Gasteiger partial charge in [0, 0.05) is 28.2 Å². The monoisotopic (exact) mass is 311 g/mol. The minimum absolute atomic E-state index is 0.368. The van der Waals surface area contributed by atoms with Gasteiger partial charge in [-0.15, -0.1) is 11.3 Å². The molecule has 2 heterocycles. The molecule has 4 heteroatoms. The molecule has 0 aliphatic heterocycles. The number of nitrogens with zero attached hydrogens (tertiary/aromatic N) is 2. The highest BCUT2D eigenvalue weighted by molar-refractivity contribution is 7.10. The molecule has 3 nitrogen and oxygen atoms in total. The molecule has 1 atom stereocenters. The van der Waals surface area contributed by atoms with E-state index in [-0.39, 0.29) is 0 Å². The normalized spacial score (nSPS) is 12.7. The standard InChI is InChI=1S/C18H21N3S/c1-13-11-16(14-7-4-5-8-15(14)20-13)19-12-17(21(2)3)18-9-6-10-22-18/h4-11,17H,12H2,1-3H3,(H,19,20)/t17-/m0/s1. The first-order chi connectivity index (χ1) is 10.6. The van der Waals surface area contributed by atoms with Gasteiger partial charge in [-0.1, -0.05) is 24.3 Å². The minimum atomic E-state index is 0.368. The van der Waals surface area contributed by atoms with Crippen LogP contribution in [0.5, 0.6) is 0 Å². The summed E-state index contributed by atoms with van der Waals surface area (Å²) in [5.74, 6) is 0. The molecule has 22 heavy (non-hydrogen) atoms. The van der Waals surface area contributed by atoms with Gasteiger partial charge in [0.1, 0.15) is 0 Å². The van der Waals surface area contributed by atoms with Crippen molar-refractivity contribution in [1.82, 2.24) is 9.88 Å². The van der Waals surface area contributed by atoms with E-state index in [1.165, 1.54) is 10.3 Å². The number of hydrogen-bond acceptors (Lipinski definition) is 4. The molecule has 3 aromatic rings. The Balaban J connectivity index is 1.87. The molecule has 0 amide bonds. The van der Waals surface area contributed by atoms with Gasteiger partial charge in [0.15, 0.2) is 0 Å². The molecule has 0 saturated heterocycles. The van der Waals surface area contributed by atoms with E-state index in [1.807, 2.05) is 24.3 Å². The highest BCUT2D eigenvalue weighted by atomic mass is 32.1. The maximum atomic E-state index is 4.60. The summed E-state index contributed by atoms with van der Waals surface area (Å²) in [6.07, 6.45) is 0. The van der Waals surface area contributed by atoms with Gasteiger partial charge < -0.3 is 10.2 Å². The Morgan fingerprint density at radius 3 is 2.73 bits per heavy atom. The number of fused-ring (bicyclic) bond motifs is 1. The van der Waals surface area contributed by atoms with Crippen LogP contribution in [-0.2, 0) is 0 Å². The average Bonchev–Trinajstić information content (AvgIpc) is 3.01. The van der Waals surface area contributed by atoms with Crippen molar-refractivity contribution in [3.8, 4) is 0 Å². The van der Waals surface area contributed by atoms with E-state index in [2.05, 4.69) is 71.1 Å². The summed E-state index contributed by atoms with van der Waals surface area (Å²) in [6.45, 7) is 2.92. The van der Waals surface area contributed by atoms with Crippen molar-refractivity contribution in [3.63, 3.8) is 0 Å². The van der Waals surface area contributed by atoms with Crippen LogP contribution < -0.4 is 5.32 Å². The van der Waals surface area contributed by atoms with Crippen molar-refractivity contribution >= 4 is 27.9 Å². The van der Waals surface area contributed by atoms with Gasteiger partial charge in [-0.2, -0.15) is 0 Å². The largest absolute Gasteiger partial charge is 0.382 e. The quantitative estimate of drug-likeness (QED) is 0.760. The maximum absolute atomic E-state index is 4.60. The second-order valence-electron chi connectivity index (χ2n) is 5.70. The van der Waals surface area contributed by atoms with Gasteiger partial charge in [0.25, 0.3) is 0 Å². The Morgan fingerprint density at radius 1 is 1.18 bits per heavy atom. The fourth-order valence-corrected chi connectivity index (χ4v) is 3.60. The molecule has 1 aromatic carbocycles. The summed E-state index contributed by atoms with van der Waals surface area (Å²) in [6, 6.07) is 15.1. The van der Waals surface area contributed by atoms with Crippen molar-refractivity contribution in [3.05, 3.63) is 58.4 Å². The summed E-state index contributed by atoms with van der Waals surface area (Å²) < 4.78 is 0. The molecule has 3 rings (SSSR count). The lowest BCUT2D eigenvalue weighted by molar-refractivity contribution is 0.316. The molecular formula is C18H21N3S. The zero-order chi connectivity index (χ0) is 15.5. The van der Waals surface area contributed by atoms with E-state index >= 15 is 0 Å². The summed E-state index contributed by atoms with van der Waals surface area (Å²) in [5.41, 5.74) is 3.24. The van der Waals surface area contributed by atoms with Gasteiger partial charge in [-0.25, -0.2) is 0 Å². The molecule has 0 spiro atoms. The fourth-order valence-electron chi connectivity index (χ4n) is 2.68. The van der Waals surface area contributed by atoms with Crippen LogP contribution in [0.25, 0.3) is 10.9 Å². The Bertz CT molecular complexity index is 750. The van der Waals surface area contributed by atoms with E-state index in [0.29, 0.717) is 6.04 Å². The maximum Gasteiger partial charge on any atom is 0.0725 e. The van der Waals surface area contributed by atoms with E-state index in [1.54, 1.807) is 0 Å². The molecule has 0 saturated carbocycles. The highest BCUT2D eigenvalue weighted by Gasteiger charge is 2.15. The molecule has 2 aromatic heterocycles. The summed E-state index contributed by atoms with van der Waals surface area (Å²) in [4.78, 5) is 8.24. The third-order valence-electron chi connectivity index (χ3n) is 3.83. The molecule has 1 N–H and O–H groups in total. The molecule has 0 radical (unpaired) electrons. The Kier molecular flexibility index (Phi) is 4.41. The number of aromatic nitrogens is 1. The first-order valence-electron chi connectivity index (χ1n) is 7.45. The van der Waals surface area contributed by atoms with Crippen LogP contribution in [0.1, 0.15) is 16.6 Å². The number of thiophene rings is 1. The van der Waals surface area contributed by atoms with E-state index in [9.17, 15) is 0 Å². The number of likely N-dealkylation sites (N-methyl/N-ethyl adjacent to an activating group) is 1. The minimum Gasteiger partial charge on any atom is -0.382 e. The van der Waals surface area contributed by atoms with Crippen LogP contribution in [0.3, 0.4) is 0 Å². The number of hydrogen-bond donors (Lipinski definition) is 1.